The number of alkyl halides is 1. The average Bonchev–Trinajstić information content (AvgIpc) is 2.87. The van der Waals surface area contributed by atoms with Crippen molar-refractivity contribution < 1.29 is 9.47 Å². The summed E-state index contributed by atoms with van der Waals surface area (Å²) in [5, 5.41) is 9.09. The summed E-state index contributed by atoms with van der Waals surface area (Å²) in [5.74, 6) is 1.54. The molecule has 2 aromatic rings. The molecular formula is C12H12BrN3O2. The Bertz CT molecular complexity index is 556. The molecule has 0 saturated heterocycles. The normalized spacial score (nSPS) is 13.6. The van der Waals surface area contributed by atoms with E-state index in [9.17, 15) is 0 Å². The standard InChI is InChI=1S/C12H12BrN3O2/c13-4-3-9-8-16(15-14-9)10-1-2-11-12(7-10)18-6-5-17-11/h1-2,7-8H,3-6H2. The molecule has 0 atom stereocenters. The van der Waals surface area contributed by atoms with Crippen LogP contribution >= 0.6 is 15.9 Å². The van der Waals surface area contributed by atoms with Crippen LogP contribution in [-0.4, -0.2) is 33.5 Å². The summed E-state index contributed by atoms with van der Waals surface area (Å²) >= 11 is 3.39. The largest absolute Gasteiger partial charge is 0.486 e. The summed E-state index contributed by atoms with van der Waals surface area (Å²) in [7, 11) is 0. The van der Waals surface area contributed by atoms with Crippen molar-refractivity contribution >= 4 is 15.9 Å². The molecule has 3 rings (SSSR count). The first-order valence-corrected chi connectivity index (χ1v) is 6.86. The summed E-state index contributed by atoms with van der Waals surface area (Å²) in [4.78, 5) is 0. The van der Waals surface area contributed by atoms with Crippen LogP contribution in [0.3, 0.4) is 0 Å². The van der Waals surface area contributed by atoms with Crippen LogP contribution in [0.25, 0.3) is 5.69 Å². The molecule has 0 spiro atoms. The monoisotopic (exact) mass is 309 g/mol. The minimum absolute atomic E-state index is 0.586. The van der Waals surface area contributed by atoms with Gasteiger partial charge in [-0.15, -0.1) is 5.10 Å². The fraction of sp³-hybridized carbons (Fsp3) is 0.333. The average molecular weight is 310 g/mol. The predicted octanol–water partition coefficient (Wildman–Crippen LogP) is 1.98. The predicted molar refractivity (Wildman–Crippen MR) is 69.8 cm³/mol. The summed E-state index contributed by atoms with van der Waals surface area (Å²) in [6, 6.07) is 5.76. The number of rotatable bonds is 3. The minimum Gasteiger partial charge on any atom is -0.486 e. The lowest BCUT2D eigenvalue weighted by Crippen LogP contribution is -2.15. The van der Waals surface area contributed by atoms with Gasteiger partial charge in [0, 0.05) is 17.8 Å². The molecule has 0 N–H and O–H groups in total. The number of nitrogens with zero attached hydrogens (tertiary/aromatic N) is 3. The van der Waals surface area contributed by atoms with E-state index in [1.54, 1.807) is 4.68 Å². The van der Waals surface area contributed by atoms with Crippen LogP contribution in [-0.2, 0) is 6.42 Å². The van der Waals surface area contributed by atoms with Gasteiger partial charge in [-0.05, 0) is 12.1 Å². The van der Waals surface area contributed by atoms with E-state index >= 15 is 0 Å². The second kappa shape index (κ2) is 4.97. The molecule has 0 aliphatic carbocycles. The number of hydrogen-bond donors (Lipinski definition) is 0. The number of fused-ring (bicyclic) bond motifs is 1. The van der Waals surface area contributed by atoms with E-state index in [2.05, 4.69) is 26.2 Å². The number of benzene rings is 1. The third kappa shape index (κ3) is 2.20. The van der Waals surface area contributed by atoms with Crippen LogP contribution in [0.4, 0.5) is 0 Å². The molecule has 0 radical (unpaired) electrons. The van der Waals surface area contributed by atoms with Crippen LogP contribution in [0.15, 0.2) is 24.4 Å². The van der Waals surface area contributed by atoms with Gasteiger partial charge in [-0.1, -0.05) is 21.1 Å². The number of aromatic nitrogens is 3. The van der Waals surface area contributed by atoms with Gasteiger partial charge in [0.2, 0.25) is 0 Å². The highest BCUT2D eigenvalue weighted by atomic mass is 79.9. The molecule has 1 aliphatic heterocycles. The summed E-state index contributed by atoms with van der Waals surface area (Å²) < 4.78 is 12.8. The Hall–Kier alpha value is -1.56. The summed E-state index contributed by atoms with van der Waals surface area (Å²) in [5.41, 5.74) is 1.88. The van der Waals surface area contributed by atoms with E-state index in [1.807, 2.05) is 24.4 Å². The van der Waals surface area contributed by atoms with Crippen LogP contribution in [0.2, 0.25) is 0 Å². The maximum absolute atomic E-state index is 5.55. The zero-order valence-corrected chi connectivity index (χ0v) is 11.3. The molecule has 1 aromatic heterocycles. The SMILES string of the molecule is BrCCc1cn(-c2ccc3c(c2)OCCO3)nn1. The maximum atomic E-state index is 5.55. The van der Waals surface area contributed by atoms with Gasteiger partial charge in [0.05, 0.1) is 17.6 Å². The number of hydrogen-bond acceptors (Lipinski definition) is 4. The quantitative estimate of drug-likeness (QED) is 0.814. The Morgan fingerprint density at radius 2 is 2.06 bits per heavy atom. The highest BCUT2D eigenvalue weighted by molar-refractivity contribution is 9.09. The van der Waals surface area contributed by atoms with Crippen LogP contribution < -0.4 is 9.47 Å². The van der Waals surface area contributed by atoms with E-state index in [4.69, 9.17) is 9.47 Å². The van der Waals surface area contributed by atoms with Crippen molar-refractivity contribution in [3.63, 3.8) is 0 Å². The van der Waals surface area contributed by atoms with Gasteiger partial charge in [0.25, 0.3) is 0 Å². The molecule has 1 aromatic carbocycles. The molecule has 2 heterocycles. The molecule has 0 fully saturated rings. The minimum atomic E-state index is 0.586. The Kier molecular flexibility index (Phi) is 3.19. The molecule has 0 amide bonds. The molecule has 0 saturated carbocycles. The fourth-order valence-corrected chi connectivity index (χ4v) is 2.22. The Labute approximate surface area is 113 Å². The molecule has 94 valence electrons. The number of halogens is 1. The van der Waals surface area contributed by atoms with Crippen molar-refractivity contribution in [2.75, 3.05) is 18.5 Å². The third-order valence-electron chi connectivity index (χ3n) is 2.68. The molecule has 0 unspecified atom stereocenters. The van der Waals surface area contributed by atoms with E-state index in [0.717, 1.165) is 34.6 Å². The Morgan fingerprint density at radius 3 is 2.89 bits per heavy atom. The van der Waals surface area contributed by atoms with Crippen molar-refractivity contribution in [1.82, 2.24) is 15.0 Å². The van der Waals surface area contributed by atoms with Crippen molar-refractivity contribution in [3.05, 3.63) is 30.1 Å². The molecular weight excluding hydrogens is 298 g/mol. The highest BCUT2D eigenvalue weighted by Crippen LogP contribution is 2.31. The molecule has 18 heavy (non-hydrogen) atoms. The van der Waals surface area contributed by atoms with Crippen molar-refractivity contribution in [2.24, 2.45) is 0 Å². The van der Waals surface area contributed by atoms with Crippen molar-refractivity contribution in [1.29, 1.82) is 0 Å². The fourth-order valence-electron chi connectivity index (χ4n) is 1.81. The highest BCUT2D eigenvalue weighted by Gasteiger charge is 2.13. The van der Waals surface area contributed by atoms with E-state index < -0.39 is 0 Å². The van der Waals surface area contributed by atoms with Crippen molar-refractivity contribution in [3.8, 4) is 17.2 Å². The zero-order valence-electron chi connectivity index (χ0n) is 9.67. The Morgan fingerprint density at radius 1 is 1.22 bits per heavy atom. The van der Waals surface area contributed by atoms with Gasteiger partial charge in [-0.25, -0.2) is 4.68 Å². The summed E-state index contributed by atoms with van der Waals surface area (Å²) in [6.07, 6.45) is 2.79. The van der Waals surface area contributed by atoms with Crippen LogP contribution in [0.1, 0.15) is 5.69 Å². The molecule has 5 nitrogen and oxygen atoms in total. The van der Waals surface area contributed by atoms with Gasteiger partial charge in [-0.2, -0.15) is 0 Å². The number of ether oxygens (including phenoxy) is 2. The molecule has 6 heteroatoms. The van der Waals surface area contributed by atoms with E-state index in [0.29, 0.717) is 13.2 Å². The lowest BCUT2D eigenvalue weighted by Gasteiger charge is -2.18. The van der Waals surface area contributed by atoms with E-state index in [-0.39, 0.29) is 0 Å². The van der Waals surface area contributed by atoms with Crippen LogP contribution in [0, 0.1) is 0 Å². The smallest absolute Gasteiger partial charge is 0.163 e. The van der Waals surface area contributed by atoms with Gasteiger partial charge in [0.1, 0.15) is 13.2 Å². The topological polar surface area (TPSA) is 49.2 Å². The Balaban J connectivity index is 1.91. The van der Waals surface area contributed by atoms with Crippen molar-refractivity contribution in [2.45, 2.75) is 6.42 Å². The van der Waals surface area contributed by atoms with E-state index in [1.165, 1.54) is 0 Å². The van der Waals surface area contributed by atoms with Crippen LogP contribution in [0.5, 0.6) is 11.5 Å². The second-order valence-corrected chi connectivity index (χ2v) is 4.71. The van der Waals surface area contributed by atoms with Gasteiger partial charge in [0.15, 0.2) is 11.5 Å². The third-order valence-corrected chi connectivity index (χ3v) is 3.08. The van der Waals surface area contributed by atoms with Gasteiger partial charge in [-0.3, -0.25) is 0 Å². The summed E-state index contributed by atoms with van der Waals surface area (Å²) in [6.45, 7) is 1.19. The molecule has 1 aliphatic rings. The lowest BCUT2D eigenvalue weighted by atomic mass is 10.2. The first-order chi connectivity index (χ1) is 8.86. The first kappa shape index (κ1) is 11.5. The lowest BCUT2D eigenvalue weighted by molar-refractivity contribution is 0.171. The second-order valence-electron chi connectivity index (χ2n) is 3.92. The maximum Gasteiger partial charge on any atom is 0.163 e. The molecule has 0 bridgehead atoms. The zero-order chi connectivity index (χ0) is 12.4. The van der Waals surface area contributed by atoms with Gasteiger partial charge >= 0.3 is 0 Å². The number of aryl methyl sites for hydroxylation is 1. The first-order valence-electron chi connectivity index (χ1n) is 5.74. The van der Waals surface area contributed by atoms with Gasteiger partial charge < -0.3 is 9.47 Å².